The standard InChI is InChI=1S/C16H16N4O3S/c1-3-11-7-14(21)20-16(18-11)24-15(19-20)17-9(2)10-4-5-12-13(6-10)23-8-22-12/h4-7,9H,3,8H2,1-2H3,(H,17,19). The van der Waals surface area contributed by atoms with Crippen LogP contribution < -0.4 is 20.3 Å². The van der Waals surface area contributed by atoms with Crippen LogP contribution in [-0.4, -0.2) is 21.4 Å². The van der Waals surface area contributed by atoms with Gasteiger partial charge in [-0.05, 0) is 31.0 Å². The smallest absolute Gasteiger partial charge is 0.275 e. The lowest BCUT2D eigenvalue weighted by Gasteiger charge is -2.13. The fraction of sp³-hybridized carbons (Fsp3) is 0.312. The van der Waals surface area contributed by atoms with E-state index in [-0.39, 0.29) is 18.4 Å². The molecule has 7 nitrogen and oxygen atoms in total. The largest absolute Gasteiger partial charge is 0.454 e. The molecule has 124 valence electrons. The van der Waals surface area contributed by atoms with Crippen molar-refractivity contribution in [1.82, 2.24) is 14.6 Å². The lowest BCUT2D eigenvalue weighted by atomic mass is 10.1. The molecule has 0 radical (unpaired) electrons. The third kappa shape index (κ3) is 2.58. The van der Waals surface area contributed by atoms with Crippen LogP contribution in [0.5, 0.6) is 11.5 Å². The topological polar surface area (TPSA) is 77.8 Å². The first-order chi connectivity index (χ1) is 11.6. The monoisotopic (exact) mass is 344 g/mol. The molecular weight excluding hydrogens is 328 g/mol. The van der Waals surface area contributed by atoms with Crippen LogP contribution in [0.4, 0.5) is 5.13 Å². The Morgan fingerprint density at radius 3 is 3.00 bits per heavy atom. The van der Waals surface area contributed by atoms with Gasteiger partial charge < -0.3 is 14.8 Å². The minimum atomic E-state index is -0.156. The molecule has 0 amide bonds. The van der Waals surface area contributed by atoms with Crippen LogP contribution >= 0.6 is 11.3 Å². The molecule has 3 aromatic rings. The summed E-state index contributed by atoms with van der Waals surface area (Å²) in [5.74, 6) is 1.50. The van der Waals surface area contributed by atoms with E-state index in [4.69, 9.17) is 9.47 Å². The first-order valence-electron chi connectivity index (χ1n) is 7.70. The fourth-order valence-corrected chi connectivity index (χ4v) is 3.46. The normalized spacial score (nSPS) is 14.1. The van der Waals surface area contributed by atoms with Crippen molar-refractivity contribution in [2.45, 2.75) is 26.3 Å². The first kappa shape index (κ1) is 14.9. The van der Waals surface area contributed by atoms with Crippen molar-refractivity contribution in [2.24, 2.45) is 0 Å². The molecule has 0 fully saturated rings. The molecule has 1 aliphatic heterocycles. The molecule has 0 aliphatic carbocycles. The lowest BCUT2D eigenvalue weighted by Crippen LogP contribution is -2.15. The van der Waals surface area contributed by atoms with Gasteiger partial charge in [0.2, 0.25) is 16.9 Å². The number of fused-ring (bicyclic) bond motifs is 2. The van der Waals surface area contributed by atoms with Gasteiger partial charge in [0.25, 0.3) is 5.56 Å². The van der Waals surface area contributed by atoms with Crippen LogP contribution in [0.2, 0.25) is 0 Å². The summed E-state index contributed by atoms with van der Waals surface area (Å²) in [5, 5.41) is 8.28. The predicted octanol–water partition coefficient (Wildman–Crippen LogP) is 2.62. The van der Waals surface area contributed by atoms with Crippen LogP contribution in [-0.2, 0) is 6.42 Å². The Hall–Kier alpha value is -2.61. The van der Waals surface area contributed by atoms with E-state index < -0.39 is 0 Å². The molecule has 2 aromatic heterocycles. The Balaban J connectivity index is 1.61. The number of hydrogen-bond donors (Lipinski definition) is 1. The van der Waals surface area contributed by atoms with Crippen molar-refractivity contribution < 1.29 is 9.47 Å². The van der Waals surface area contributed by atoms with E-state index >= 15 is 0 Å². The van der Waals surface area contributed by atoms with E-state index in [0.29, 0.717) is 10.1 Å². The number of benzene rings is 1. The molecule has 0 saturated carbocycles. The van der Waals surface area contributed by atoms with Crippen LogP contribution in [0.3, 0.4) is 0 Å². The van der Waals surface area contributed by atoms with Crippen molar-refractivity contribution in [3.05, 3.63) is 45.9 Å². The maximum atomic E-state index is 12.1. The average Bonchev–Trinajstić information content (AvgIpc) is 3.20. The summed E-state index contributed by atoms with van der Waals surface area (Å²) in [6.45, 7) is 4.25. The highest BCUT2D eigenvalue weighted by atomic mass is 32.1. The molecule has 1 N–H and O–H groups in total. The quantitative estimate of drug-likeness (QED) is 0.784. The summed E-state index contributed by atoms with van der Waals surface area (Å²) in [7, 11) is 0. The van der Waals surface area contributed by atoms with Crippen molar-refractivity contribution in [3.8, 4) is 11.5 Å². The minimum Gasteiger partial charge on any atom is -0.454 e. The average molecular weight is 344 g/mol. The van der Waals surface area contributed by atoms with Gasteiger partial charge in [0, 0.05) is 11.8 Å². The minimum absolute atomic E-state index is 0.00131. The summed E-state index contributed by atoms with van der Waals surface area (Å²) in [6.07, 6.45) is 0.722. The SMILES string of the molecule is CCc1cc(=O)n2nc(NC(C)c3ccc4c(c3)OCO4)sc2n1. The summed E-state index contributed by atoms with van der Waals surface area (Å²) in [5.41, 5.74) is 1.67. The molecule has 1 unspecified atom stereocenters. The molecular formula is C16H16N4O3S. The highest BCUT2D eigenvalue weighted by Crippen LogP contribution is 2.35. The van der Waals surface area contributed by atoms with Gasteiger partial charge in [-0.15, -0.1) is 5.10 Å². The van der Waals surface area contributed by atoms with Crippen LogP contribution in [0, 0.1) is 0 Å². The fourth-order valence-electron chi connectivity index (χ4n) is 2.55. The van der Waals surface area contributed by atoms with Crippen LogP contribution in [0.1, 0.15) is 31.1 Å². The summed E-state index contributed by atoms with van der Waals surface area (Å²) in [4.78, 5) is 17.1. The zero-order chi connectivity index (χ0) is 16.7. The molecule has 3 heterocycles. The highest BCUT2D eigenvalue weighted by molar-refractivity contribution is 7.20. The van der Waals surface area contributed by atoms with E-state index in [9.17, 15) is 4.79 Å². The van der Waals surface area contributed by atoms with Crippen molar-refractivity contribution >= 4 is 21.4 Å². The van der Waals surface area contributed by atoms with E-state index in [1.807, 2.05) is 32.0 Å². The Morgan fingerprint density at radius 1 is 1.33 bits per heavy atom. The van der Waals surface area contributed by atoms with Crippen molar-refractivity contribution in [2.75, 3.05) is 12.1 Å². The number of ether oxygens (including phenoxy) is 2. The molecule has 4 rings (SSSR count). The van der Waals surface area contributed by atoms with Gasteiger partial charge in [-0.3, -0.25) is 4.79 Å². The zero-order valence-corrected chi connectivity index (χ0v) is 14.1. The zero-order valence-electron chi connectivity index (χ0n) is 13.3. The summed E-state index contributed by atoms with van der Waals surface area (Å²) in [6, 6.07) is 7.36. The second kappa shape index (κ2) is 5.79. The predicted molar refractivity (Wildman–Crippen MR) is 91.1 cm³/mol. The number of hydrogen-bond acceptors (Lipinski definition) is 7. The first-order valence-corrected chi connectivity index (χ1v) is 8.51. The van der Waals surface area contributed by atoms with Gasteiger partial charge >= 0.3 is 0 Å². The van der Waals surface area contributed by atoms with Crippen molar-refractivity contribution in [1.29, 1.82) is 0 Å². The number of aromatic nitrogens is 3. The van der Waals surface area contributed by atoms with Crippen LogP contribution in [0.25, 0.3) is 4.96 Å². The van der Waals surface area contributed by atoms with E-state index in [2.05, 4.69) is 15.4 Å². The summed E-state index contributed by atoms with van der Waals surface area (Å²) >= 11 is 1.36. The Bertz CT molecular complexity index is 966. The maximum Gasteiger partial charge on any atom is 0.275 e. The van der Waals surface area contributed by atoms with Gasteiger partial charge in [-0.2, -0.15) is 4.52 Å². The highest BCUT2D eigenvalue weighted by Gasteiger charge is 2.17. The third-order valence-electron chi connectivity index (χ3n) is 3.90. The maximum absolute atomic E-state index is 12.1. The third-order valence-corrected chi connectivity index (χ3v) is 4.74. The number of nitrogens with one attached hydrogen (secondary N) is 1. The summed E-state index contributed by atoms with van der Waals surface area (Å²) < 4.78 is 12.1. The van der Waals surface area contributed by atoms with E-state index in [1.54, 1.807) is 0 Å². The van der Waals surface area contributed by atoms with Gasteiger partial charge in [0.05, 0.1) is 6.04 Å². The van der Waals surface area contributed by atoms with Gasteiger partial charge in [-0.25, -0.2) is 4.98 Å². The number of rotatable bonds is 4. The molecule has 24 heavy (non-hydrogen) atoms. The molecule has 0 saturated heterocycles. The van der Waals surface area contributed by atoms with Gasteiger partial charge in [0.15, 0.2) is 11.5 Å². The molecule has 1 atom stereocenters. The van der Waals surface area contributed by atoms with Crippen LogP contribution in [0.15, 0.2) is 29.1 Å². The van der Waals surface area contributed by atoms with Gasteiger partial charge in [0.1, 0.15) is 0 Å². The number of aryl methyl sites for hydroxylation is 1. The Kier molecular flexibility index (Phi) is 3.61. The molecule has 1 aliphatic rings. The van der Waals surface area contributed by atoms with Crippen molar-refractivity contribution in [3.63, 3.8) is 0 Å². The Morgan fingerprint density at radius 2 is 2.17 bits per heavy atom. The second-order valence-corrected chi connectivity index (χ2v) is 6.48. The molecule has 1 aromatic carbocycles. The molecule has 0 spiro atoms. The number of anilines is 1. The molecule has 8 heteroatoms. The lowest BCUT2D eigenvalue weighted by molar-refractivity contribution is 0.174. The molecule has 0 bridgehead atoms. The van der Waals surface area contributed by atoms with E-state index in [0.717, 1.165) is 29.2 Å². The Labute approximate surface area is 141 Å². The van der Waals surface area contributed by atoms with Gasteiger partial charge in [-0.1, -0.05) is 24.3 Å². The number of nitrogens with zero attached hydrogens (tertiary/aromatic N) is 3. The van der Waals surface area contributed by atoms with E-state index in [1.165, 1.54) is 21.9 Å². The second-order valence-electron chi connectivity index (χ2n) is 5.52.